The maximum Gasteiger partial charge on any atom is 0.131 e. The van der Waals surface area contributed by atoms with E-state index in [1.165, 1.54) is 16.8 Å². The van der Waals surface area contributed by atoms with Crippen LogP contribution in [0.5, 0.6) is 0 Å². The van der Waals surface area contributed by atoms with Gasteiger partial charge in [0.1, 0.15) is 6.17 Å². The lowest BCUT2D eigenvalue weighted by molar-refractivity contribution is 0.826. The number of nitrogens with one attached hydrogen (secondary N) is 2. The van der Waals surface area contributed by atoms with Crippen LogP contribution in [0, 0.1) is 6.92 Å². The number of nitrogens with zero attached hydrogens (tertiary/aromatic N) is 1. The summed E-state index contributed by atoms with van der Waals surface area (Å²) in [5.41, 5.74) is 5.93. The maximum absolute atomic E-state index is 3.87. The van der Waals surface area contributed by atoms with Crippen molar-refractivity contribution < 1.29 is 0 Å². The summed E-state index contributed by atoms with van der Waals surface area (Å²) < 4.78 is 0. The molecule has 0 bridgehead atoms. The molecule has 2 aliphatic heterocycles. The van der Waals surface area contributed by atoms with E-state index in [0.29, 0.717) is 0 Å². The quantitative estimate of drug-likeness (QED) is 0.815. The topological polar surface area (TPSA) is 27.3 Å². The lowest BCUT2D eigenvalue weighted by atomic mass is 10.1. The van der Waals surface area contributed by atoms with Crippen molar-refractivity contribution in [1.82, 2.24) is 5.32 Å². The van der Waals surface area contributed by atoms with Gasteiger partial charge in [0.2, 0.25) is 0 Å². The Morgan fingerprint density at radius 1 is 1.39 bits per heavy atom. The molecule has 3 heteroatoms. The van der Waals surface area contributed by atoms with E-state index in [4.69, 9.17) is 0 Å². The number of fused-ring (bicyclic) bond motifs is 1. The number of hydrogen-bond donors (Lipinski definition) is 2. The summed E-state index contributed by atoms with van der Waals surface area (Å²) in [5, 5.41) is 6.94. The van der Waals surface area contributed by atoms with E-state index in [2.05, 4.69) is 77.7 Å². The molecule has 0 saturated carbocycles. The van der Waals surface area contributed by atoms with Crippen LogP contribution in [-0.4, -0.2) is 12.7 Å². The number of rotatable bonds is 4. The lowest BCUT2D eigenvalue weighted by Crippen LogP contribution is -2.37. The highest BCUT2D eigenvalue weighted by atomic mass is 15.3. The van der Waals surface area contributed by atoms with Crippen LogP contribution in [0.15, 0.2) is 78.7 Å². The first-order valence-corrected chi connectivity index (χ1v) is 7.96. The number of anilines is 2. The summed E-state index contributed by atoms with van der Waals surface area (Å²) in [6.45, 7) is 8.91. The van der Waals surface area contributed by atoms with Crippen LogP contribution >= 0.6 is 0 Å². The number of dihydropyridines is 1. The Labute approximate surface area is 138 Å². The van der Waals surface area contributed by atoms with Gasteiger partial charge in [0, 0.05) is 24.0 Å². The smallest absolute Gasteiger partial charge is 0.131 e. The van der Waals surface area contributed by atoms with Crippen molar-refractivity contribution in [2.75, 3.05) is 16.8 Å². The Morgan fingerprint density at radius 3 is 2.96 bits per heavy atom. The van der Waals surface area contributed by atoms with E-state index in [9.17, 15) is 0 Å². The van der Waals surface area contributed by atoms with Crippen molar-refractivity contribution in [2.45, 2.75) is 20.0 Å². The molecule has 0 fully saturated rings. The summed E-state index contributed by atoms with van der Waals surface area (Å²) in [6, 6.07) is 6.52. The number of hydrogen-bond acceptors (Lipinski definition) is 3. The van der Waals surface area contributed by atoms with Crippen LogP contribution in [-0.2, 0) is 0 Å². The number of aryl methyl sites for hydroxylation is 1. The SMILES string of the molecule is C=C/C=C(\C=C/C)N1c2cc(C)ccc2NC1C1=CNCC=C1. The van der Waals surface area contributed by atoms with Gasteiger partial charge >= 0.3 is 0 Å². The molecule has 2 aliphatic rings. The number of allylic oxidation sites excluding steroid dienone is 4. The minimum atomic E-state index is 0.0678. The van der Waals surface area contributed by atoms with Crippen LogP contribution < -0.4 is 15.5 Å². The lowest BCUT2D eigenvalue weighted by Gasteiger charge is -2.29. The largest absolute Gasteiger partial charge is 0.387 e. The molecule has 23 heavy (non-hydrogen) atoms. The molecule has 2 heterocycles. The fraction of sp³-hybridized carbons (Fsp3) is 0.200. The molecule has 0 aliphatic carbocycles. The van der Waals surface area contributed by atoms with Gasteiger partial charge in [-0.2, -0.15) is 0 Å². The van der Waals surface area contributed by atoms with Gasteiger partial charge in [-0.15, -0.1) is 0 Å². The highest BCUT2D eigenvalue weighted by Gasteiger charge is 2.32. The second kappa shape index (κ2) is 6.61. The van der Waals surface area contributed by atoms with Gasteiger partial charge in [-0.1, -0.05) is 36.9 Å². The third kappa shape index (κ3) is 2.95. The van der Waals surface area contributed by atoms with Crippen LogP contribution in [0.3, 0.4) is 0 Å². The molecule has 0 spiro atoms. The highest BCUT2D eigenvalue weighted by Crippen LogP contribution is 2.40. The van der Waals surface area contributed by atoms with Gasteiger partial charge in [0.05, 0.1) is 11.4 Å². The van der Waals surface area contributed by atoms with Crippen molar-refractivity contribution in [3.63, 3.8) is 0 Å². The molecule has 1 aromatic carbocycles. The first kappa shape index (κ1) is 15.2. The van der Waals surface area contributed by atoms with E-state index in [1.807, 2.05) is 19.1 Å². The first-order chi connectivity index (χ1) is 11.2. The molecule has 1 aromatic rings. The monoisotopic (exact) mass is 305 g/mol. The Kier molecular flexibility index (Phi) is 4.38. The molecule has 0 radical (unpaired) electrons. The van der Waals surface area contributed by atoms with Gasteiger partial charge in [0.15, 0.2) is 0 Å². The Morgan fingerprint density at radius 2 is 2.26 bits per heavy atom. The minimum absolute atomic E-state index is 0.0678. The van der Waals surface area contributed by atoms with Crippen molar-refractivity contribution in [2.24, 2.45) is 0 Å². The molecular weight excluding hydrogens is 282 g/mol. The molecule has 0 amide bonds. The van der Waals surface area contributed by atoms with Gasteiger partial charge in [0.25, 0.3) is 0 Å². The minimum Gasteiger partial charge on any atom is -0.387 e. The van der Waals surface area contributed by atoms with Gasteiger partial charge in [-0.25, -0.2) is 0 Å². The highest BCUT2D eigenvalue weighted by molar-refractivity contribution is 5.81. The first-order valence-electron chi connectivity index (χ1n) is 7.96. The van der Waals surface area contributed by atoms with Crippen LogP contribution in [0.1, 0.15) is 12.5 Å². The third-order valence-electron chi connectivity index (χ3n) is 4.00. The van der Waals surface area contributed by atoms with E-state index in [0.717, 1.165) is 17.9 Å². The molecule has 118 valence electrons. The third-order valence-corrected chi connectivity index (χ3v) is 4.00. The molecule has 1 unspecified atom stereocenters. The maximum atomic E-state index is 3.87. The zero-order chi connectivity index (χ0) is 16.2. The summed E-state index contributed by atoms with van der Waals surface area (Å²) in [7, 11) is 0. The van der Waals surface area contributed by atoms with Crippen molar-refractivity contribution >= 4 is 11.4 Å². The molecule has 0 aromatic heterocycles. The average molecular weight is 305 g/mol. The fourth-order valence-electron chi connectivity index (χ4n) is 3.00. The molecule has 0 saturated heterocycles. The Balaban J connectivity index is 2.10. The summed E-state index contributed by atoms with van der Waals surface area (Å²) in [4.78, 5) is 2.33. The van der Waals surface area contributed by atoms with E-state index in [-0.39, 0.29) is 6.17 Å². The zero-order valence-electron chi connectivity index (χ0n) is 13.7. The average Bonchev–Trinajstić information content (AvgIpc) is 2.94. The van der Waals surface area contributed by atoms with Crippen LogP contribution in [0.2, 0.25) is 0 Å². The van der Waals surface area contributed by atoms with E-state index < -0.39 is 0 Å². The predicted molar refractivity (Wildman–Crippen MR) is 99.4 cm³/mol. The predicted octanol–water partition coefficient (Wildman–Crippen LogP) is 4.24. The summed E-state index contributed by atoms with van der Waals surface area (Å²) in [5.74, 6) is 0. The molecule has 3 nitrogen and oxygen atoms in total. The van der Waals surface area contributed by atoms with Gasteiger partial charge < -0.3 is 15.5 Å². The second-order valence-electron chi connectivity index (χ2n) is 5.72. The van der Waals surface area contributed by atoms with E-state index in [1.54, 1.807) is 0 Å². The molecule has 2 N–H and O–H groups in total. The van der Waals surface area contributed by atoms with Crippen LogP contribution in [0.4, 0.5) is 11.4 Å². The zero-order valence-corrected chi connectivity index (χ0v) is 13.7. The van der Waals surface area contributed by atoms with Crippen molar-refractivity contribution in [3.05, 3.63) is 84.3 Å². The molecule has 1 atom stereocenters. The van der Waals surface area contributed by atoms with E-state index >= 15 is 0 Å². The van der Waals surface area contributed by atoms with Crippen molar-refractivity contribution in [1.29, 1.82) is 0 Å². The molecular formula is C20H23N3. The number of benzene rings is 1. The Hall–Kier alpha value is -2.68. The Bertz CT molecular complexity index is 722. The van der Waals surface area contributed by atoms with Gasteiger partial charge in [-0.3, -0.25) is 0 Å². The van der Waals surface area contributed by atoms with Crippen molar-refractivity contribution in [3.8, 4) is 0 Å². The fourth-order valence-corrected chi connectivity index (χ4v) is 3.00. The normalized spacial score (nSPS) is 20.1. The standard InChI is InChI=1S/C20H23N3/c1-4-7-17(8-5-2)23-19-13-15(3)10-11-18(19)22-20(23)16-9-6-12-21-14-16/h4-11,13-14,20-22H,1,12H2,2-3H3/b8-5-,17-7+. The molecule has 3 rings (SSSR count). The summed E-state index contributed by atoms with van der Waals surface area (Å²) >= 11 is 0. The van der Waals surface area contributed by atoms with Crippen LogP contribution in [0.25, 0.3) is 0 Å². The second-order valence-corrected chi connectivity index (χ2v) is 5.72. The summed E-state index contributed by atoms with van der Waals surface area (Å²) in [6.07, 6.45) is 14.5. The van der Waals surface area contributed by atoms with Gasteiger partial charge in [-0.05, 0) is 43.7 Å².